The Morgan fingerprint density at radius 3 is 2.29 bits per heavy atom. The highest BCUT2D eigenvalue weighted by Gasteiger charge is 2.63. The molecular formula is C22H34O2. The van der Waals surface area contributed by atoms with Crippen molar-refractivity contribution in [3.8, 4) is 12.3 Å². The van der Waals surface area contributed by atoms with Gasteiger partial charge in [-0.1, -0.05) is 19.8 Å². The predicted octanol–water partition coefficient (Wildman–Crippen LogP) is 4.14. The summed E-state index contributed by atoms with van der Waals surface area (Å²) in [6.07, 6.45) is 15.3. The molecule has 0 heterocycles. The second-order valence-corrected chi connectivity index (χ2v) is 10.3. The van der Waals surface area contributed by atoms with E-state index in [4.69, 9.17) is 6.42 Å². The number of aliphatic hydroxyl groups is 2. The van der Waals surface area contributed by atoms with Crippen molar-refractivity contribution in [2.24, 2.45) is 34.5 Å². The van der Waals surface area contributed by atoms with Gasteiger partial charge in [0, 0.05) is 0 Å². The summed E-state index contributed by atoms with van der Waals surface area (Å²) in [6, 6.07) is 0. The van der Waals surface area contributed by atoms with Crippen LogP contribution >= 0.6 is 0 Å². The van der Waals surface area contributed by atoms with Gasteiger partial charge in [-0.15, -0.1) is 6.42 Å². The van der Waals surface area contributed by atoms with E-state index >= 15 is 0 Å². The van der Waals surface area contributed by atoms with Crippen molar-refractivity contribution in [1.82, 2.24) is 0 Å². The van der Waals surface area contributed by atoms with Crippen molar-refractivity contribution in [1.29, 1.82) is 0 Å². The maximum atomic E-state index is 11.0. The molecule has 0 aromatic rings. The van der Waals surface area contributed by atoms with Gasteiger partial charge >= 0.3 is 0 Å². The standard InChI is InChI=1S/C22H34O2/c1-5-22(24)13-12-19(2)15(14-22)6-7-16-17(19)8-10-20(3)18(16)9-11-21(20,4)23/h1,15-18,23-24H,6-14H2,2-4H3/t15-,16+,17-,18-,19-,20-,21+,22+/m0/s1. The van der Waals surface area contributed by atoms with E-state index in [9.17, 15) is 10.2 Å². The van der Waals surface area contributed by atoms with Gasteiger partial charge in [-0.25, -0.2) is 0 Å². The van der Waals surface area contributed by atoms with Gasteiger partial charge in [0.05, 0.1) is 5.60 Å². The highest BCUT2D eigenvalue weighted by molar-refractivity contribution is 5.17. The van der Waals surface area contributed by atoms with Crippen LogP contribution in [0.25, 0.3) is 0 Å². The first-order valence-electron chi connectivity index (χ1n) is 10.1. The summed E-state index contributed by atoms with van der Waals surface area (Å²) in [6.45, 7) is 6.92. The Bertz CT molecular complexity index is 575. The molecule has 0 radical (unpaired) electrons. The third-order valence-corrected chi connectivity index (χ3v) is 9.56. The number of rotatable bonds is 0. The van der Waals surface area contributed by atoms with Crippen LogP contribution in [0.5, 0.6) is 0 Å². The van der Waals surface area contributed by atoms with Crippen LogP contribution in [0.1, 0.15) is 78.6 Å². The lowest BCUT2D eigenvalue weighted by molar-refractivity contribution is -0.159. The van der Waals surface area contributed by atoms with Crippen LogP contribution in [0, 0.1) is 46.8 Å². The minimum Gasteiger partial charge on any atom is -0.390 e. The lowest BCUT2D eigenvalue weighted by Crippen LogP contribution is -2.57. The van der Waals surface area contributed by atoms with Crippen molar-refractivity contribution >= 4 is 0 Å². The van der Waals surface area contributed by atoms with Gasteiger partial charge in [-0.05, 0) is 99.2 Å². The Kier molecular flexibility index (Phi) is 3.54. The normalized spacial score (nSPS) is 59.8. The van der Waals surface area contributed by atoms with Crippen LogP contribution in [0.4, 0.5) is 0 Å². The third kappa shape index (κ3) is 2.04. The smallest absolute Gasteiger partial charge is 0.125 e. The van der Waals surface area contributed by atoms with E-state index in [1.165, 1.54) is 25.7 Å². The Morgan fingerprint density at radius 2 is 1.58 bits per heavy atom. The quantitative estimate of drug-likeness (QED) is 0.655. The lowest BCUT2D eigenvalue weighted by atomic mass is 9.43. The van der Waals surface area contributed by atoms with Crippen LogP contribution in [-0.2, 0) is 0 Å². The van der Waals surface area contributed by atoms with Gasteiger partial charge in [0.15, 0.2) is 0 Å². The van der Waals surface area contributed by atoms with Crippen molar-refractivity contribution in [2.75, 3.05) is 0 Å². The first kappa shape index (κ1) is 16.9. The molecule has 0 amide bonds. The first-order chi connectivity index (χ1) is 11.2. The summed E-state index contributed by atoms with van der Waals surface area (Å²) < 4.78 is 0. The van der Waals surface area contributed by atoms with Gasteiger partial charge in [0.1, 0.15) is 5.60 Å². The van der Waals surface area contributed by atoms with Crippen molar-refractivity contribution < 1.29 is 10.2 Å². The van der Waals surface area contributed by atoms with Gasteiger partial charge in [0.2, 0.25) is 0 Å². The Hall–Kier alpha value is -0.520. The largest absolute Gasteiger partial charge is 0.390 e. The molecule has 2 heteroatoms. The second-order valence-electron chi connectivity index (χ2n) is 10.3. The van der Waals surface area contributed by atoms with Crippen LogP contribution < -0.4 is 0 Å². The molecule has 0 aliphatic heterocycles. The van der Waals surface area contributed by atoms with Gasteiger partial charge in [0.25, 0.3) is 0 Å². The molecule has 24 heavy (non-hydrogen) atoms. The summed E-state index contributed by atoms with van der Waals surface area (Å²) in [4.78, 5) is 0. The average molecular weight is 331 g/mol. The molecule has 0 bridgehead atoms. The van der Waals surface area contributed by atoms with Crippen molar-refractivity contribution in [2.45, 2.75) is 89.8 Å². The Balaban J connectivity index is 1.62. The first-order valence-corrected chi connectivity index (χ1v) is 10.1. The van der Waals surface area contributed by atoms with Crippen molar-refractivity contribution in [3.63, 3.8) is 0 Å². The van der Waals surface area contributed by atoms with E-state index in [0.717, 1.165) is 43.9 Å². The molecule has 4 aliphatic rings. The third-order valence-electron chi connectivity index (χ3n) is 9.56. The molecular weight excluding hydrogens is 296 g/mol. The van der Waals surface area contributed by atoms with E-state index in [-0.39, 0.29) is 5.41 Å². The van der Waals surface area contributed by atoms with Crippen LogP contribution in [0.3, 0.4) is 0 Å². The summed E-state index contributed by atoms with van der Waals surface area (Å²) in [5.74, 6) is 5.44. The van der Waals surface area contributed by atoms with E-state index in [1.807, 2.05) is 0 Å². The van der Waals surface area contributed by atoms with Gasteiger partial charge in [-0.3, -0.25) is 0 Å². The summed E-state index contributed by atoms with van der Waals surface area (Å²) >= 11 is 0. The summed E-state index contributed by atoms with van der Waals surface area (Å²) in [5.41, 5.74) is -0.915. The number of terminal acetylenes is 1. The fourth-order valence-corrected chi connectivity index (χ4v) is 7.62. The molecule has 0 saturated heterocycles. The molecule has 0 aromatic heterocycles. The zero-order chi connectivity index (χ0) is 17.4. The fraction of sp³-hybridized carbons (Fsp3) is 0.909. The number of hydrogen-bond donors (Lipinski definition) is 2. The van der Waals surface area contributed by atoms with Crippen molar-refractivity contribution in [3.05, 3.63) is 0 Å². The molecule has 8 atom stereocenters. The molecule has 0 aromatic carbocycles. The molecule has 4 saturated carbocycles. The number of hydrogen-bond acceptors (Lipinski definition) is 2. The monoisotopic (exact) mass is 330 g/mol. The molecule has 2 N–H and O–H groups in total. The highest BCUT2D eigenvalue weighted by Crippen LogP contribution is 2.68. The van der Waals surface area contributed by atoms with Gasteiger partial charge < -0.3 is 10.2 Å². The summed E-state index contributed by atoms with van der Waals surface area (Å²) in [5, 5.41) is 21.6. The van der Waals surface area contributed by atoms with Crippen LogP contribution in [-0.4, -0.2) is 21.4 Å². The minimum absolute atomic E-state index is 0.103. The van der Waals surface area contributed by atoms with E-state index in [2.05, 4.69) is 26.7 Å². The van der Waals surface area contributed by atoms with E-state index < -0.39 is 11.2 Å². The molecule has 4 aliphatic carbocycles. The fourth-order valence-electron chi connectivity index (χ4n) is 7.62. The lowest BCUT2D eigenvalue weighted by Gasteiger charge is -2.62. The minimum atomic E-state index is -0.864. The molecule has 2 nitrogen and oxygen atoms in total. The molecule has 0 spiro atoms. The zero-order valence-electron chi connectivity index (χ0n) is 15.6. The maximum absolute atomic E-state index is 11.0. The molecule has 4 fully saturated rings. The van der Waals surface area contributed by atoms with Crippen LogP contribution in [0.2, 0.25) is 0 Å². The topological polar surface area (TPSA) is 40.5 Å². The number of fused-ring (bicyclic) bond motifs is 5. The average Bonchev–Trinajstić information content (AvgIpc) is 2.78. The Labute approximate surface area is 147 Å². The maximum Gasteiger partial charge on any atom is 0.125 e. The zero-order valence-corrected chi connectivity index (χ0v) is 15.6. The molecule has 134 valence electrons. The van der Waals surface area contributed by atoms with E-state index in [1.54, 1.807) is 0 Å². The SMILES string of the molecule is C#C[C@@]1(O)CC[C@@]2(C)[C@@H](CC[C@@H]3[C@@H]2CC[C@@]2(C)[C@H]3CC[C@@]2(C)O)C1. The highest BCUT2D eigenvalue weighted by atomic mass is 16.3. The summed E-state index contributed by atoms with van der Waals surface area (Å²) in [7, 11) is 0. The molecule has 0 unspecified atom stereocenters. The van der Waals surface area contributed by atoms with E-state index in [0.29, 0.717) is 17.3 Å². The second kappa shape index (κ2) is 5.01. The van der Waals surface area contributed by atoms with Crippen LogP contribution in [0.15, 0.2) is 0 Å². The molecule has 4 rings (SSSR count). The van der Waals surface area contributed by atoms with Gasteiger partial charge in [-0.2, -0.15) is 0 Å². The Morgan fingerprint density at radius 1 is 0.875 bits per heavy atom. The predicted molar refractivity (Wildman–Crippen MR) is 96.1 cm³/mol.